The fraction of sp³-hybridized carbons (Fsp3) is 0.957. The average molecular weight is 440 g/mol. The number of nitrogens with zero attached hydrogens (tertiary/aromatic N) is 1. The van der Waals surface area contributed by atoms with Crippen molar-refractivity contribution in [1.82, 2.24) is 4.90 Å². The number of amides is 1. The number of hydrogen-bond acceptors (Lipinski definition) is 3. The highest BCUT2D eigenvalue weighted by atomic mass is 28.4. The minimum absolute atomic E-state index is 0.0856. The summed E-state index contributed by atoms with van der Waals surface area (Å²) in [6.07, 6.45) is 5.36. The zero-order valence-electron chi connectivity index (χ0n) is 20.6. The first-order valence-corrected chi connectivity index (χ1v) is 17.5. The van der Waals surface area contributed by atoms with E-state index in [1.807, 2.05) is 0 Å². The van der Waals surface area contributed by atoms with Crippen molar-refractivity contribution in [3.8, 4) is 0 Å². The molecule has 3 fully saturated rings. The van der Waals surface area contributed by atoms with Crippen molar-refractivity contribution in [3.63, 3.8) is 0 Å². The molecule has 3 rings (SSSR count). The van der Waals surface area contributed by atoms with E-state index in [-0.39, 0.29) is 27.8 Å². The smallest absolute Gasteiger partial charge is 0.223 e. The predicted molar refractivity (Wildman–Crippen MR) is 125 cm³/mol. The lowest BCUT2D eigenvalue weighted by Gasteiger charge is -2.57. The topological polar surface area (TPSA) is 38.8 Å². The second-order valence-electron chi connectivity index (χ2n) is 13.0. The molecule has 4 nitrogen and oxygen atoms in total. The quantitative estimate of drug-likeness (QED) is 0.509. The van der Waals surface area contributed by atoms with Gasteiger partial charge in [-0.25, -0.2) is 0 Å². The monoisotopic (exact) mass is 439 g/mol. The lowest BCUT2D eigenvalue weighted by atomic mass is 9.68. The summed E-state index contributed by atoms with van der Waals surface area (Å²) < 4.78 is 14.0. The standard InChI is InChI=1S/C23H45NO3Si2/c1-21(2,3)28(7,8)26-18-11-13-23-14-12-20(25)24(23)16-19(17(18)15-23)27-29(9,10)22(4,5)6/h17-19H,11-16H2,1-10H3. The Morgan fingerprint density at radius 1 is 0.897 bits per heavy atom. The van der Waals surface area contributed by atoms with Gasteiger partial charge in [-0.2, -0.15) is 0 Å². The molecular formula is C23H45NO3Si2. The Bertz CT molecular complexity index is 649. The van der Waals surface area contributed by atoms with E-state index in [0.29, 0.717) is 18.2 Å². The molecular weight excluding hydrogens is 394 g/mol. The highest BCUT2D eigenvalue weighted by Crippen LogP contribution is 2.52. The molecule has 0 aromatic carbocycles. The van der Waals surface area contributed by atoms with Gasteiger partial charge < -0.3 is 13.8 Å². The Morgan fingerprint density at radius 2 is 1.41 bits per heavy atom. The molecule has 1 aliphatic carbocycles. The highest BCUT2D eigenvalue weighted by Gasteiger charge is 2.58. The summed E-state index contributed by atoms with van der Waals surface area (Å²) >= 11 is 0. The van der Waals surface area contributed by atoms with Gasteiger partial charge in [-0.05, 0) is 61.9 Å². The summed E-state index contributed by atoms with van der Waals surface area (Å²) in [7, 11) is -3.77. The van der Waals surface area contributed by atoms with Crippen molar-refractivity contribution in [2.45, 2.75) is 128 Å². The molecule has 0 aromatic rings. The molecule has 2 aliphatic heterocycles. The van der Waals surface area contributed by atoms with Crippen LogP contribution in [0.2, 0.25) is 36.3 Å². The number of piperidine rings is 1. The first-order valence-electron chi connectivity index (χ1n) is 11.7. The summed E-state index contributed by atoms with van der Waals surface area (Å²) in [6.45, 7) is 24.1. The van der Waals surface area contributed by atoms with Crippen LogP contribution in [0.15, 0.2) is 0 Å². The van der Waals surface area contributed by atoms with Gasteiger partial charge in [0, 0.05) is 24.4 Å². The van der Waals surface area contributed by atoms with E-state index in [2.05, 4.69) is 72.6 Å². The van der Waals surface area contributed by atoms with Crippen molar-refractivity contribution in [3.05, 3.63) is 0 Å². The Labute approximate surface area is 181 Å². The molecule has 0 N–H and O–H groups in total. The van der Waals surface area contributed by atoms with Crippen molar-refractivity contribution >= 4 is 22.5 Å². The average Bonchev–Trinajstić information content (AvgIpc) is 2.84. The van der Waals surface area contributed by atoms with Crippen molar-refractivity contribution in [1.29, 1.82) is 0 Å². The van der Waals surface area contributed by atoms with Crippen LogP contribution in [0.25, 0.3) is 0 Å². The minimum atomic E-state index is -1.92. The van der Waals surface area contributed by atoms with Crippen LogP contribution in [-0.2, 0) is 13.6 Å². The Morgan fingerprint density at radius 3 is 1.93 bits per heavy atom. The third kappa shape index (κ3) is 4.16. The molecule has 1 amide bonds. The number of carbonyl (C=O) groups excluding carboxylic acids is 1. The number of fused-ring (bicyclic) bond motifs is 1. The maximum absolute atomic E-state index is 12.7. The molecule has 0 radical (unpaired) electrons. The Hall–Kier alpha value is -0.176. The summed E-state index contributed by atoms with van der Waals surface area (Å²) in [5, 5.41) is 0.378. The van der Waals surface area contributed by atoms with Crippen LogP contribution in [0.3, 0.4) is 0 Å². The van der Waals surface area contributed by atoms with Gasteiger partial charge >= 0.3 is 0 Å². The molecule has 2 heterocycles. The van der Waals surface area contributed by atoms with Gasteiger partial charge in [-0.1, -0.05) is 41.5 Å². The normalized spacial score (nSPS) is 33.8. The summed E-state index contributed by atoms with van der Waals surface area (Å²) in [4.78, 5) is 14.9. The lowest BCUT2D eigenvalue weighted by Crippen LogP contribution is -2.65. The second-order valence-corrected chi connectivity index (χ2v) is 22.5. The van der Waals surface area contributed by atoms with E-state index in [4.69, 9.17) is 8.85 Å². The van der Waals surface area contributed by atoms with Crippen LogP contribution < -0.4 is 0 Å². The fourth-order valence-corrected chi connectivity index (χ4v) is 7.77. The molecule has 0 aromatic heterocycles. The van der Waals surface area contributed by atoms with Crippen molar-refractivity contribution in [2.24, 2.45) is 5.92 Å². The van der Waals surface area contributed by atoms with Crippen molar-refractivity contribution in [2.75, 3.05) is 6.54 Å². The first-order chi connectivity index (χ1) is 13.0. The first kappa shape index (κ1) is 23.5. The van der Waals surface area contributed by atoms with Gasteiger partial charge in [-0.3, -0.25) is 4.79 Å². The van der Waals surface area contributed by atoms with Crippen LogP contribution in [0.1, 0.15) is 73.6 Å². The zero-order valence-corrected chi connectivity index (χ0v) is 22.6. The molecule has 168 valence electrons. The maximum Gasteiger partial charge on any atom is 0.223 e. The number of hydrogen-bond donors (Lipinski definition) is 0. The molecule has 1 spiro atoms. The van der Waals surface area contributed by atoms with Gasteiger partial charge in [0.1, 0.15) is 0 Å². The maximum atomic E-state index is 12.7. The number of carbonyl (C=O) groups is 1. The minimum Gasteiger partial charge on any atom is -0.414 e. The molecule has 4 unspecified atom stereocenters. The molecule has 3 aliphatic rings. The van der Waals surface area contributed by atoms with E-state index >= 15 is 0 Å². The van der Waals surface area contributed by atoms with Gasteiger partial charge in [0.05, 0.1) is 12.2 Å². The SMILES string of the molecule is CC(C)(C)[Si](C)(C)OC1CCC23CCC(=O)N2CC(O[Si](C)(C)C(C)(C)C)C1C3. The fourth-order valence-electron chi connectivity index (χ4n) is 5.01. The van der Waals surface area contributed by atoms with Gasteiger partial charge in [0.2, 0.25) is 5.91 Å². The van der Waals surface area contributed by atoms with Crippen LogP contribution in [-0.4, -0.2) is 51.7 Å². The Balaban J connectivity index is 1.89. The van der Waals surface area contributed by atoms with Crippen LogP contribution in [0, 0.1) is 5.92 Å². The van der Waals surface area contributed by atoms with Crippen LogP contribution in [0.5, 0.6) is 0 Å². The third-order valence-corrected chi connectivity index (χ3v) is 18.0. The second kappa shape index (κ2) is 7.17. The summed E-state index contributed by atoms with van der Waals surface area (Å²) in [5.41, 5.74) is 0.0856. The number of rotatable bonds is 4. The molecule has 1 saturated carbocycles. The molecule has 4 atom stereocenters. The van der Waals surface area contributed by atoms with E-state index in [1.165, 1.54) is 0 Å². The highest BCUT2D eigenvalue weighted by molar-refractivity contribution is 6.74. The lowest BCUT2D eigenvalue weighted by molar-refractivity contribution is -0.148. The predicted octanol–water partition coefficient (Wildman–Crippen LogP) is 5.94. The zero-order chi connectivity index (χ0) is 22.0. The molecule has 29 heavy (non-hydrogen) atoms. The van der Waals surface area contributed by atoms with Crippen LogP contribution in [0.4, 0.5) is 0 Å². The third-order valence-electron chi connectivity index (χ3n) is 9.01. The van der Waals surface area contributed by atoms with E-state index < -0.39 is 16.6 Å². The van der Waals surface area contributed by atoms with E-state index in [1.54, 1.807) is 0 Å². The Kier molecular flexibility index (Phi) is 5.81. The van der Waals surface area contributed by atoms with E-state index in [0.717, 1.165) is 32.2 Å². The summed E-state index contributed by atoms with van der Waals surface area (Å²) in [6, 6.07) is 0. The van der Waals surface area contributed by atoms with Crippen LogP contribution >= 0.6 is 0 Å². The van der Waals surface area contributed by atoms with Gasteiger partial charge in [0.25, 0.3) is 0 Å². The molecule has 2 bridgehead atoms. The van der Waals surface area contributed by atoms with Gasteiger partial charge in [-0.15, -0.1) is 0 Å². The molecule has 2 saturated heterocycles. The van der Waals surface area contributed by atoms with Crippen molar-refractivity contribution < 1.29 is 13.6 Å². The largest absolute Gasteiger partial charge is 0.414 e. The summed E-state index contributed by atoms with van der Waals surface area (Å²) in [5.74, 6) is 0.755. The molecule has 6 heteroatoms. The van der Waals surface area contributed by atoms with Gasteiger partial charge in [0.15, 0.2) is 16.6 Å². The van der Waals surface area contributed by atoms with E-state index in [9.17, 15) is 4.79 Å².